The van der Waals surface area contributed by atoms with Crippen LogP contribution in [0.2, 0.25) is 10.0 Å². The van der Waals surface area contributed by atoms with E-state index in [4.69, 9.17) is 27.9 Å². The first-order chi connectivity index (χ1) is 14.8. The van der Waals surface area contributed by atoms with Crippen molar-refractivity contribution >= 4 is 40.5 Å². The normalized spacial score (nSPS) is 18.3. The van der Waals surface area contributed by atoms with Gasteiger partial charge in [0.2, 0.25) is 0 Å². The van der Waals surface area contributed by atoms with Gasteiger partial charge in [0.25, 0.3) is 11.6 Å². The molecule has 0 aromatic heterocycles. The van der Waals surface area contributed by atoms with Gasteiger partial charge in [-0.15, -0.1) is 0 Å². The number of nitro groups is 1. The third-order valence-electron chi connectivity index (χ3n) is 5.23. The zero-order valence-electron chi connectivity index (χ0n) is 16.9. The van der Waals surface area contributed by atoms with Gasteiger partial charge in [-0.05, 0) is 49.4 Å². The topological polar surface area (TPSA) is 114 Å². The molecule has 0 radical (unpaired) electrons. The average Bonchev–Trinajstić information content (AvgIpc) is 2.73. The third-order valence-corrected chi connectivity index (χ3v) is 5.79. The molecule has 166 valence electrons. The average molecular weight is 468 g/mol. The number of nitrogens with one attached hydrogen (secondary N) is 2. The number of nitro benzene ring substituents is 1. The summed E-state index contributed by atoms with van der Waals surface area (Å²) in [6.45, 7) is 0.125. The maximum atomic E-state index is 12.9. The van der Waals surface area contributed by atoms with E-state index in [0.717, 1.165) is 12.8 Å². The molecular formula is C21H23Cl2N3O5. The number of anilines is 1. The maximum Gasteiger partial charge on any atom is 0.270 e. The number of aliphatic hydroxyl groups excluding tert-OH is 1. The number of carbonyl (C=O) groups excluding carboxylic acids is 1. The molecule has 3 N–H and O–H groups in total. The fourth-order valence-electron chi connectivity index (χ4n) is 3.59. The number of amides is 1. The van der Waals surface area contributed by atoms with E-state index in [-0.39, 0.29) is 29.9 Å². The van der Waals surface area contributed by atoms with Crippen molar-refractivity contribution in [1.82, 2.24) is 5.32 Å². The fourth-order valence-corrected chi connectivity index (χ4v) is 4.27. The van der Waals surface area contributed by atoms with E-state index >= 15 is 0 Å². The van der Waals surface area contributed by atoms with Crippen LogP contribution >= 0.6 is 23.2 Å². The fraction of sp³-hybridized carbons (Fsp3) is 0.381. The Balaban J connectivity index is 1.78. The van der Waals surface area contributed by atoms with Crippen molar-refractivity contribution in [1.29, 1.82) is 0 Å². The Labute approximate surface area is 189 Å². The summed E-state index contributed by atoms with van der Waals surface area (Å²) in [5, 5.41) is 27.6. The van der Waals surface area contributed by atoms with Gasteiger partial charge in [-0.25, -0.2) is 0 Å². The molecule has 1 aliphatic rings. The Morgan fingerprint density at radius 1 is 1.19 bits per heavy atom. The summed E-state index contributed by atoms with van der Waals surface area (Å²) in [6.07, 6.45) is 2.54. The number of hydrogen-bond donors (Lipinski definition) is 3. The molecule has 0 aliphatic heterocycles. The number of methoxy groups -OCH3 is 1. The van der Waals surface area contributed by atoms with Gasteiger partial charge in [-0.2, -0.15) is 0 Å². The van der Waals surface area contributed by atoms with Gasteiger partial charge >= 0.3 is 0 Å². The van der Waals surface area contributed by atoms with Crippen LogP contribution < -0.4 is 15.4 Å². The molecule has 0 heterocycles. The number of rotatable bonds is 7. The van der Waals surface area contributed by atoms with Gasteiger partial charge < -0.3 is 20.5 Å². The molecule has 2 aromatic rings. The zero-order valence-corrected chi connectivity index (χ0v) is 18.4. The number of aliphatic hydroxyl groups is 1. The SMILES string of the molecule is COc1c(Cl)cc(CNC(=O)c2cc([N+](=O)[O-])ccc2NC2CCC(O)CC2)cc1Cl. The van der Waals surface area contributed by atoms with E-state index in [1.165, 1.54) is 19.2 Å². The molecule has 0 spiro atoms. The monoisotopic (exact) mass is 467 g/mol. The number of nitrogens with zero attached hydrogens (tertiary/aromatic N) is 1. The van der Waals surface area contributed by atoms with E-state index in [9.17, 15) is 20.0 Å². The first-order valence-corrected chi connectivity index (χ1v) is 10.6. The second-order valence-corrected chi connectivity index (χ2v) is 8.23. The van der Waals surface area contributed by atoms with Gasteiger partial charge in [-0.1, -0.05) is 23.2 Å². The smallest absolute Gasteiger partial charge is 0.270 e. The quantitative estimate of drug-likeness (QED) is 0.406. The molecule has 0 atom stereocenters. The standard InChI is InChI=1S/C21H23Cl2N3O5/c1-31-20-17(22)8-12(9-18(20)23)11-24-21(28)16-10-14(26(29)30)4-7-19(16)25-13-2-5-15(27)6-3-13/h4,7-10,13,15,25,27H,2-3,5-6,11H2,1H3,(H,24,28). The second-order valence-electron chi connectivity index (χ2n) is 7.41. The van der Waals surface area contributed by atoms with Crippen molar-refractivity contribution in [3.8, 4) is 5.75 Å². The second kappa shape index (κ2) is 10.2. The molecule has 0 unspecified atom stereocenters. The summed E-state index contributed by atoms with van der Waals surface area (Å²) in [7, 11) is 1.46. The summed E-state index contributed by atoms with van der Waals surface area (Å²) < 4.78 is 5.12. The van der Waals surface area contributed by atoms with Crippen molar-refractivity contribution in [3.05, 3.63) is 61.6 Å². The molecule has 3 rings (SSSR count). The third kappa shape index (κ3) is 5.78. The molecular weight excluding hydrogens is 445 g/mol. The summed E-state index contributed by atoms with van der Waals surface area (Å²) in [5.41, 5.74) is 1.16. The van der Waals surface area contributed by atoms with E-state index in [1.54, 1.807) is 18.2 Å². The molecule has 10 heteroatoms. The van der Waals surface area contributed by atoms with Crippen molar-refractivity contribution in [3.63, 3.8) is 0 Å². The highest BCUT2D eigenvalue weighted by atomic mass is 35.5. The summed E-state index contributed by atoms with van der Waals surface area (Å²) in [4.78, 5) is 23.6. The number of ether oxygens (including phenoxy) is 1. The minimum atomic E-state index is -0.541. The Morgan fingerprint density at radius 3 is 2.42 bits per heavy atom. The first kappa shape index (κ1) is 23.1. The Kier molecular flexibility index (Phi) is 7.59. The van der Waals surface area contributed by atoms with Crippen molar-refractivity contribution in [2.75, 3.05) is 12.4 Å². The molecule has 31 heavy (non-hydrogen) atoms. The highest BCUT2D eigenvalue weighted by Gasteiger charge is 2.23. The maximum absolute atomic E-state index is 12.9. The van der Waals surface area contributed by atoms with Crippen LogP contribution in [0, 0.1) is 10.1 Å². The Morgan fingerprint density at radius 2 is 1.84 bits per heavy atom. The van der Waals surface area contributed by atoms with Gasteiger partial charge in [-0.3, -0.25) is 14.9 Å². The summed E-state index contributed by atoms with van der Waals surface area (Å²) in [5.74, 6) is -0.119. The number of hydrogen-bond acceptors (Lipinski definition) is 6. The van der Waals surface area contributed by atoms with Gasteiger partial charge in [0, 0.05) is 30.4 Å². The predicted molar refractivity (Wildman–Crippen MR) is 119 cm³/mol. The zero-order chi connectivity index (χ0) is 22.5. The first-order valence-electron chi connectivity index (χ1n) is 9.81. The molecule has 0 bridgehead atoms. The van der Waals surface area contributed by atoms with Gasteiger partial charge in [0.05, 0.1) is 33.7 Å². The Hall–Kier alpha value is -2.55. The van der Waals surface area contributed by atoms with Crippen LogP contribution in [0.25, 0.3) is 0 Å². The summed E-state index contributed by atoms with van der Waals surface area (Å²) >= 11 is 12.3. The largest absolute Gasteiger partial charge is 0.494 e. The Bertz CT molecular complexity index is 954. The van der Waals surface area contributed by atoms with Crippen LogP contribution in [0.1, 0.15) is 41.6 Å². The lowest BCUT2D eigenvalue weighted by Gasteiger charge is -2.27. The predicted octanol–water partition coefficient (Wildman–Crippen LogP) is 4.56. The molecule has 1 aliphatic carbocycles. The van der Waals surface area contributed by atoms with Gasteiger partial charge in [0.15, 0.2) is 5.75 Å². The van der Waals surface area contributed by atoms with Crippen molar-refractivity contribution in [2.24, 2.45) is 0 Å². The van der Waals surface area contributed by atoms with Crippen LogP contribution in [0.3, 0.4) is 0 Å². The van der Waals surface area contributed by atoms with Crippen LogP contribution in [0.15, 0.2) is 30.3 Å². The minimum Gasteiger partial charge on any atom is -0.494 e. The molecule has 1 saturated carbocycles. The highest BCUT2D eigenvalue weighted by Crippen LogP contribution is 2.34. The van der Waals surface area contributed by atoms with Crippen LogP contribution in [-0.2, 0) is 6.54 Å². The van der Waals surface area contributed by atoms with Crippen molar-refractivity contribution in [2.45, 2.75) is 44.4 Å². The molecule has 2 aromatic carbocycles. The number of benzene rings is 2. The lowest BCUT2D eigenvalue weighted by molar-refractivity contribution is -0.384. The molecule has 1 fully saturated rings. The molecule has 1 amide bonds. The van der Waals surface area contributed by atoms with Gasteiger partial charge in [0.1, 0.15) is 0 Å². The lowest BCUT2D eigenvalue weighted by Crippen LogP contribution is -2.30. The summed E-state index contributed by atoms with van der Waals surface area (Å²) in [6, 6.07) is 7.50. The minimum absolute atomic E-state index is 0.0793. The van der Waals surface area contributed by atoms with Crippen molar-refractivity contribution < 1.29 is 19.6 Å². The van der Waals surface area contributed by atoms with Crippen LogP contribution in [-0.4, -0.2) is 35.2 Å². The number of non-ortho nitro benzene ring substituents is 1. The lowest BCUT2D eigenvalue weighted by atomic mass is 9.92. The van der Waals surface area contributed by atoms with Crippen LogP contribution in [0.4, 0.5) is 11.4 Å². The molecule has 0 saturated heterocycles. The number of halogens is 2. The van der Waals surface area contributed by atoms with E-state index < -0.39 is 10.8 Å². The molecule has 8 nitrogen and oxygen atoms in total. The number of carbonyl (C=O) groups is 1. The van der Waals surface area contributed by atoms with E-state index in [1.807, 2.05) is 0 Å². The van der Waals surface area contributed by atoms with E-state index in [0.29, 0.717) is 39.9 Å². The highest BCUT2D eigenvalue weighted by molar-refractivity contribution is 6.37. The van der Waals surface area contributed by atoms with Crippen LogP contribution in [0.5, 0.6) is 5.75 Å². The van der Waals surface area contributed by atoms with E-state index in [2.05, 4.69) is 10.6 Å².